The van der Waals surface area contributed by atoms with Crippen molar-refractivity contribution in [3.05, 3.63) is 114 Å². The van der Waals surface area contributed by atoms with Crippen LogP contribution in [0.5, 0.6) is 5.75 Å². The molecule has 1 aromatic heterocycles. The first-order valence-corrected chi connectivity index (χ1v) is 12.8. The first-order chi connectivity index (χ1) is 17.4. The molecule has 1 heterocycles. The van der Waals surface area contributed by atoms with Crippen LogP contribution in [-0.2, 0) is 21.2 Å². The van der Waals surface area contributed by atoms with Crippen LogP contribution in [0, 0.1) is 6.92 Å². The molecule has 0 fully saturated rings. The Morgan fingerprint density at radius 2 is 1.58 bits per heavy atom. The Bertz CT molecular complexity index is 1430. The molecule has 0 aliphatic carbocycles. The summed E-state index contributed by atoms with van der Waals surface area (Å²) in [4.78, 5) is 17.2. The summed E-state index contributed by atoms with van der Waals surface area (Å²) in [6.07, 6.45) is 4.25. The van der Waals surface area contributed by atoms with Crippen LogP contribution in [0.2, 0.25) is 0 Å². The van der Waals surface area contributed by atoms with Crippen molar-refractivity contribution in [2.24, 2.45) is 0 Å². The Hall–Kier alpha value is -4.17. The summed E-state index contributed by atoms with van der Waals surface area (Å²) in [6, 6.07) is 24.6. The molecule has 0 bridgehead atoms. The zero-order valence-corrected chi connectivity index (χ0v) is 20.9. The number of sulfonamides is 1. The lowest BCUT2D eigenvalue weighted by Crippen LogP contribution is -2.38. The van der Waals surface area contributed by atoms with E-state index in [2.05, 4.69) is 10.3 Å². The monoisotopic (exact) mass is 501 g/mol. The predicted molar refractivity (Wildman–Crippen MR) is 141 cm³/mol. The van der Waals surface area contributed by atoms with E-state index in [0.717, 1.165) is 27.4 Å². The number of hydrogen-bond acceptors (Lipinski definition) is 5. The predicted octanol–water partition coefficient (Wildman–Crippen LogP) is 4.82. The lowest BCUT2D eigenvalue weighted by molar-refractivity contribution is -0.114. The van der Waals surface area contributed by atoms with Crippen LogP contribution in [0.1, 0.15) is 16.7 Å². The minimum Gasteiger partial charge on any atom is -0.495 e. The average molecular weight is 502 g/mol. The zero-order valence-electron chi connectivity index (χ0n) is 20.1. The highest BCUT2D eigenvalue weighted by Gasteiger charge is 2.29. The van der Waals surface area contributed by atoms with Gasteiger partial charge < -0.3 is 10.1 Å². The number of ether oxygens (including phenoxy) is 1. The number of methoxy groups -OCH3 is 1. The lowest BCUT2D eigenvalue weighted by Gasteiger charge is -2.26. The van der Waals surface area contributed by atoms with Crippen molar-refractivity contribution >= 4 is 27.3 Å². The first-order valence-electron chi connectivity index (χ1n) is 11.4. The van der Waals surface area contributed by atoms with E-state index >= 15 is 0 Å². The summed E-state index contributed by atoms with van der Waals surface area (Å²) in [6.45, 7) is 1.43. The highest BCUT2D eigenvalue weighted by molar-refractivity contribution is 7.92. The van der Waals surface area contributed by atoms with Crippen molar-refractivity contribution in [2.45, 2.75) is 18.2 Å². The number of rotatable bonds is 9. The molecule has 0 unspecified atom stereocenters. The second-order valence-corrected chi connectivity index (χ2v) is 10.1. The van der Waals surface area contributed by atoms with Gasteiger partial charge in [0.25, 0.3) is 10.0 Å². The summed E-state index contributed by atoms with van der Waals surface area (Å²) in [5.41, 5.74) is 3.92. The fourth-order valence-electron chi connectivity index (χ4n) is 3.79. The van der Waals surface area contributed by atoms with Crippen molar-refractivity contribution in [2.75, 3.05) is 23.3 Å². The number of aromatic nitrogens is 1. The van der Waals surface area contributed by atoms with Crippen molar-refractivity contribution in [1.82, 2.24) is 4.98 Å². The van der Waals surface area contributed by atoms with Crippen LogP contribution < -0.4 is 14.4 Å². The molecular weight excluding hydrogens is 474 g/mol. The van der Waals surface area contributed by atoms with Gasteiger partial charge >= 0.3 is 0 Å². The molecule has 0 aliphatic heterocycles. The van der Waals surface area contributed by atoms with Crippen molar-refractivity contribution in [1.29, 1.82) is 0 Å². The molecule has 0 spiro atoms. The van der Waals surface area contributed by atoms with Gasteiger partial charge in [0, 0.05) is 18.1 Å². The Labute approximate surface area is 211 Å². The number of benzene rings is 3. The molecule has 1 N–H and O–H groups in total. The number of nitrogens with one attached hydrogen (secondary N) is 1. The van der Waals surface area contributed by atoms with Gasteiger partial charge in [0.15, 0.2) is 0 Å². The van der Waals surface area contributed by atoms with E-state index in [4.69, 9.17) is 4.74 Å². The van der Waals surface area contributed by atoms with E-state index in [1.54, 1.807) is 54.9 Å². The van der Waals surface area contributed by atoms with Crippen LogP contribution >= 0.6 is 0 Å². The molecule has 1 amide bonds. The molecule has 4 rings (SSSR count). The van der Waals surface area contributed by atoms with Crippen LogP contribution in [0.4, 0.5) is 11.4 Å². The summed E-state index contributed by atoms with van der Waals surface area (Å²) in [5.74, 6) is -0.117. The Kier molecular flexibility index (Phi) is 7.65. The van der Waals surface area contributed by atoms with Gasteiger partial charge in [-0.05, 0) is 78.6 Å². The summed E-state index contributed by atoms with van der Waals surface area (Å²) >= 11 is 0. The normalized spacial score (nSPS) is 11.1. The van der Waals surface area contributed by atoms with Crippen molar-refractivity contribution in [3.63, 3.8) is 0 Å². The smallest absolute Gasteiger partial charge is 0.264 e. The quantitative estimate of drug-likeness (QED) is 0.355. The molecule has 7 nitrogen and oxygen atoms in total. The van der Waals surface area contributed by atoms with Gasteiger partial charge in [-0.2, -0.15) is 0 Å². The number of carbonyl (C=O) groups excluding carboxylic acids is 1. The molecule has 8 heteroatoms. The van der Waals surface area contributed by atoms with Crippen LogP contribution in [0.3, 0.4) is 0 Å². The minimum absolute atomic E-state index is 0.0850. The molecule has 0 saturated carbocycles. The van der Waals surface area contributed by atoms with E-state index < -0.39 is 22.5 Å². The van der Waals surface area contributed by atoms with Crippen LogP contribution in [0.15, 0.2) is 102 Å². The topological polar surface area (TPSA) is 88.6 Å². The van der Waals surface area contributed by atoms with E-state index in [1.807, 2.05) is 37.3 Å². The summed E-state index contributed by atoms with van der Waals surface area (Å²) in [7, 11) is -2.58. The summed E-state index contributed by atoms with van der Waals surface area (Å²) in [5, 5.41) is 2.81. The average Bonchev–Trinajstić information content (AvgIpc) is 2.89. The highest BCUT2D eigenvalue weighted by Crippen LogP contribution is 2.33. The second-order valence-electron chi connectivity index (χ2n) is 8.28. The van der Waals surface area contributed by atoms with Crippen molar-refractivity contribution < 1.29 is 17.9 Å². The molecule has 0 radical (unpaired) electrons. The van der Waals surface area contributed by atoms with E-state index in [0.29, 0.717) is 17.1 Å². The number of pyridine rings is 1. The number of anilines is 2. The molecule has 36 heavy (non-hydrogen) atoms. The Balaban J connectivity index is 1.57. The van der Waals surface area contributed by atoms with Gasteiger partial charge in [-0.3, -0.25) is 14.1 Å². The number of aryl methyl sites for hydroxylation is 1. The Morgan fingerprint density at radius 3 is 2.25 bits per heavy atom. The molecular formula is C28H27N3O4S. The third-order valence-electron chi connectivity index (χ3n) is 5.62. The lowest BCUT2D eigenvalue weighted by atomic mass is 10.1. The van der Waals surface area contributed by atoms with Gasteiger partial charge in [0.1, 0.15) is 12.3 Å². The van der Waals surface area contributed by atoms with Gasteiger partial charge in [0.2, 0.25) is 5.91 Å². The second kappa shape index (κ2) is 11.0. The molecule has 3 aromatic carbocycles. The molecule has 4 aromatic rings. The standard InChI is InChI=1S/C28H27N3O4S/c1-21-8-13-27(35-2)26(18-21)31(36(33,34)25-6-4-3-5-7-25)20-28(32)30-24-11-9-22(10-12-24)19-23-14-16-29-17-15-23/h3-18H,19-20H2,1-2H3,(H,30,32). The van der Waals surface area contributed by atoms with Gasteiger partial charge in [-0.1, -0.05) is 36.4 Å². The van der Waals surface area contributed by atoms with Crippen molar-refractivity contribution in [3.8, 4) is 5.75 Å². The van der Waals surface area contributed by atoms with Crippen LogP contribution in [-0.4, -0.2) is 33.0 Å². The zero-order chi connectivity index (χ0) is 25.5. The largest absolute Gasteiger partial charge is 0.495 e. The number of amides is 1. The Morgan fingerprint density at radius 1 is 0.917 bits per heavy atom. The summed E-state index contributed by atoms with van der Waals surface area (Å²) < 4.78 is 33.7. The maximum absolute atomic E-state index is 13.6. The SMILES string of the molecule is COc1ccc(C)cc1N(CC(=O)Nc1ccc(Cc2ccncc2)cc1)S(=O)(=O)c1ccccc1. The molecule has 0 aliphatic rings. The van der Waals surface area contributed by atoms with E-state index in [1.165, 1.54) is 19.2 Å². The fraction of sp³-hybridized carbons (Fsp3) is 0.143. The maximum Gasteiger partial charge on any atom is 0.264 e. The molecule has 0 atom stereocenters. The fourth-order valence-corrected chi connectivity index (χ4v) is 5.23. The van der Waals surface area contributed by atoms with Gasteiger partial charge in [-0.15, -0.1) is 0 Å². The third-order valence-corrected chi connectivity index (χ3v) is 7.39. The molecule has 184 valence electrons. The van der Waals surface area contributed by atoms with E-state index in [-0.39, 0.29) is 4.90 Å². The number of nitrogens with zero attached hydrogens (tertiary/aromatic N) is 2. The van der Waals surface area contributed by atoms with Gasteiger partial charge in [-0.25, -0.2) is 8.42 Å². The third kappa shape index (κ3) is 5.90. The highest BCUT2D eigenvalue weighted by atomic mass is 32.2. The van der Waals surface area contributed by atoms with Gasteiger partial charge in [0.05, 0.1) is 17.7 Å². The van der Waals surface area contributed by atoms with E-state index in [9.17, 15) is 13.2 Å². The number of carbonyl (C=O) groups is 1. The maximum atomic E-state index is 13.6. The minimum atomic E-state index is -4.04. The molecule has 0 saturated heterocycles. The first kappa shape index (κ1) is 24.9. The van der Waals surface area contributed by atoms with Crippen LogP contribution in [0.25, 0.3) is 0 Å². The number of hydrogen-bond donors (Lipinski definition) is 1.